The second-order valence-corrected chi connectivity index (χ2v) is 7.14. The van der Waals surface area contributed by atoms with Gasteiger partial charge in [0.05, 0.1) is 5.69 Å². The van der Waals surface area contributed by atoms with E-state index < -0.39 is 0 Å². The van der Waals surface area contributed by atoms with Crippen LogP contribution in [0.15, 0.2) is 66.9 Å². The third kappa shape index (κ3) is 3.49. The largest absolute Gasteiger partial charge is 0.474 e. The number of aromatic nitrogens is 3. The van der Waals surface area contributed by atoms with E-state index in [1.54, 1.807) is 0 Å². The third-order valence-corrected chi connectivity index (χ3v) is 5.15. The molecule has 1 aliphatic rings. The van der Waals surface area contributed by atoms with Crippen LogP contribution in [-0.4, -0.2) is 34.1 Å². The maximum Gasteiger partial charge on any atom is 0.214 e. The van der Waals surface area contributed by atoms with Gasteiger partial charge in [0.15, 0.2) is 0 Å². The Bertz CT molecular complexity index is 1080. The molecule has 1 fully saturated rings. The molecule has 0 atom stereocenters. The molecule has 0 bridgehead atoms. The van der Waals surface area contributed by atoms with Crippen molar-refractivity contribution in [3.05, 3.63) is 66.9 Å². The topological polar surface area (TPSA) is 62.8 Å². The fourth-order valence-corrected chi connectivity index (χ4v) is 3.65. The Hall–Kier alpha value is -3.18. The molecule has 5 rings (SSSR count). The summed E-state index contributed by atoms with van der Waals surface area (Å²) >= 11 is 0. The fourth-order valence-electron chi connectivity index (χ4n) is 3.65. The van der Waals surface area contributed by atoms with Gasteiger partial charge in [-0.2, -0.15) is 0 Å². The second kappa shape index (κ2) is 7.44. The number of hydrogen-bond donors (Lipinski definition) is 2. The van der Waals surface area contributed by atoms with E-state index in [-0.39, 0.29) is 6.10 Å². The van der Waals surface area contributed by atoms with Gasteiger partial charge in [-0.05, 0) is 49.7 Å². The van der Waals surface area contributed by atoms with Crippen molar-refractivity contribution in [2.24, 2.45) is 0 Å². The molecule has 0 spiro atoms. The molecule has 4 heterocycles. The average molecular weight is 370 g/mol. The van der Waals surface area contributed by atoms with Crippen molar-refractivity contribution >= 4 is 11.0 Å². The SMILES string of the molecule is c1ccc(-c2cc3cc(-c4cccc(OC5CCNCC5)n4)cnc3[nH]2)cc1. The number of fused-ring (bicyclic) bond motifs is 1. The van der Waals surface area contributed by atoms with Crippen molar-refractivity contribution in [1.82, 2.24) is 20.3 Å². The van der Waals surface area contributed by atoms with E-state index in [1.807, 2.05) is 42.6 Å². The van der Waals surface area contributed by atoms with E-state index in [0.29, 0.717) is 5.88 Å². The molecule has 1 aromatic carbocycles. The summed E-state index contributed by atoms with van der Waals surface area (Å²) in [4.78, 5) is 12.7. The molecule has 5 heteroatoms. The molecule has 1 saturated heterocycles. The number of ether oxygens (including phenoxy) is 1. The van der Waals surface area contributed by atoms with Crippen LogP contribution in [0.1, 0.15) is 12.8 Å². The number of pyridine rings is 2. The fraction of sp³-hybridized carbons (Fsp3) is 0.217. The first kappa shape index (κ1) is 17.0. The minimum Gasteiger partial charge on any atom is -0.474 e. The predicted octanol–water partition coefficient (Wildman–Crippen LogP) is 4.42. The molecule has 1 aliphatic heterocycles. The highest BCUT2D eigenvalue weighted by Crippen LogP contribution is 2.27. The number of benzene rings is 1. The molecule has 0 radical (unpaired) electrons. The molecule has 3 aromatic heterocycles. The Balaban J connectivity index is 1.43. The first-order valence-electron chi connectivity index (χ1n) is 9.74. The van der Waals surface area contributed by atoms with Crippen LogP contribution in [0.25, 0.3) is 33.5 Å². The number of nitrogens with zero attached hydrogens (tertiary/aromatic N) is 2. The Kier molecular flexibility index (Phi) is 4.51. The standard InChI is InChI=1S/C23H22N4O/c1-2-5-16(6-3-1)21-14-17-13-18(15-25-23(17)27-21)20-7-4-8-22(26-20)28-19-9-11-24-12-10-19/h1-8,13-15,19,24H,9-12H2,(H,25,27). The van der Waals surface area contributed by atoms with E-state index in [4.69, 9.17) is 9.72 Å². The Morgan fingerprint density at radius 3 is 2.61 bits per heavy atom. The summed E-state index contributed by atoms with van der Waals surface area (Å²) < 4.78 is 6.09. The Labute approximate surface area is 163 Å². The smallest absolute Gasteiger partial charge is 0.214 e. The van der Waals surface area contributed by atoms with Gasteiger partial charge in [0.25, 0.3) is 0 Å². The van der Waals surface area contributed by atoms with Gasteiger partial charge < -0.3 is 15.0 Å². The lowest BCUT2D eigenvalue weighted by atomic mass is 10.1. The van der Waals surface area contributed by atoms with Gasteiger partial charge >= 0.3 is 0 Å². The van der Waals surface area contributed by atoms with Crippen LogP contribution in [0.3, 0.4) is 0 Å². The zero-order valence-electron chi connectivity index (χ0n) is 15.6. The zero-order chi connectivity index (χ0) is 18.8. The summed E-state index contributed by atoms with van der Waals surface area (Å²) in [5.41, 5.74) is 4.96. The molecular weight excluding hydrogens is 348 g/mol. The zero-order valence-corrected chi connectivity index (χ0v) is 15.6. The summed E-state index contributed by atoms with van der Waals surface area (Å²) in [6.45, 7) is 2.00. The van der Waals surface area contributed by atoms with Crippen molar-refractivity contribution in [2.45, 2.75) is 18.9 Å². The van der Waals surface area contributed by atoms with E-state index >= 15 is 0 Å². The maximum atomic E-state index is 6.09. The van der Waals surface area contributed by atoms with E-state index in [2.05, 4.69) is 39.6 Å². The second-order valence-electron chi connectivity index (χ2n) is 7.14. The molecule has 4 aromatic rings. The minimum absolute atomic E-state index is 0.239. The van der Waals surface area contributed by atoms with Gasteiger partial charge in [-0.3, -0.25) is 0 Å². The predicted molar refractivity (Wildman–Crippen MR) is 111 cm³/mol. The highest BCUT2D eigenvalue weighted by atomic mass is 16.5. The number of H-pyrrole nitrogens is 1. The van der Waals surface area contributed by atoms with Crippen molar-refractivity contribution in [3.8, 4) is 28.4 Å². The normalized spacial score (nSPS) is 15.0. The first-order chi connectivity index (χ1) is 13.8. The summed E-state index contributed by atoms with van der Waals surface area (Å²) in [5.74, 6) is 0.684. The Morgan fingerprint density at radius 1 is 0.893 bits per heavy atom. The lowest BCUT2D eigenvalue weighted by Gasteiger charge is -2.23. The molecule has 0 unspecified atom stereocenters. The third-order valence-electron chi connectivity index (χ3n) is 5.15. The van der Waals surface area contributed by atoms with Gasteiger partial charge in [0.2, 0.25) is 5.88 Å². The number of aromatic amines is 1. The minimum atomic E-state index is 0.239. The van der Waals surface area contributed by atoms with Crippen molar-refractivity contribution in [3.63, 3.8) is 0 Å². The van der Waals surface area contributed by atoms with Crippen molar-refractivity contribution in [2.75, 3.05) is 13.1 Å². The van der Waals surface area contributed by atoms with Crippen molar-refractivity contribution < 1.29 is 4.74 Å². The van der Waals surface area contributed by atoms with Gasteiger partial charge in [0.1, 0.15) is 11.8 Å². The molecule has 0 amide bonds. The van der Waals surface area contributed by atoms with Crippen LogP contribution in [0.4, 0.5) is 0 Å². The summed E-state index contributed by atoms with van der Waals surface area (Å²) in [5, 5.41) is 4.43. The highest BCUT2D eigenvalue weighted by Gasteiger charge is 2.15. The quantitative estimate of drug-likeness (QED) is 0.558. The average Bonchev–Trinajstić information content (AvgIpc) is 3.19. The summed E-state index contributed by atoms with van der Waals surface area (Å²) in [7, 11) is 0. The number of hydrogen-bond acceptors (Lipinski definition) is 4. The van der Waals surface area contributed by atoms with Crippen LogP contribution in [0, 0.1) is 0 Å². The number of rotatable bonds is 4. The Morgan fingerprint density at radius 2 is 1.75 bits per heavy atom. The summed E-state index contributed by atoms with van der Waals surface area (Å²) in [6.07, 6.45) is 4.14. The molecule has 0 saturated carbocycles. The maximum absolute atomic E-state index is 6.09. The highest BCUT2D eigenvalue weighted by molar-refractivity contribution is 5.86. The molecule has 2 N–H and O–H groups in total. The first-order valence-corrected chi connectivity index (χ1v) is 9.74. The van der Waals surface area contributed by atoms with Gasteiger partial charge in [-0.25, -0.2) is 9.97 Å². The van der Waals surface area contributed by atoms with Crippen LogP contribution in [0.5, 0.6) is 5.88 Å². The molecule has 5 nitrogen and oxygen atoms in total. The lowest BCUT2D eigenvalue weighted by Crippen LogP contribution is -2.34. The lowest BCUT2D eigenvalue weighted by molar-refractivity contribution is 0.156. The van der Waals surface area contributed by atoms with Crippen LogP contribution < -0.4 is 10.1 Å². The van der Waals surface area contributed by atoms with Crippen molar-refractivity contribution in [1.29, 1.82) is 0 Å². The van der Waals surface area contributed by atoms with Crippen LogP contribution in [0.2, 0.25) is 0 Å². The molecule has 140 valence electrons. The van der Waals surface area contributed by atoms with E-state index in [0.717, 1.165) is 59.5 Å². The molecule has 28 heavy (non-hydrogen) atoms. The van der Waals surface area contributed by atoms with Gasteiger partial charge in [0, 0.05) is 28.9 Å². The van der Waals surface area contributed by atoms with Crippen LogP contribution in [-0.2, 0) is 0 Å². The van der Waals surface area contributed by atoms with E-state index in [9.17, 15) is 0 Å². The van der Waals surface area contributed by atoms with E-state index in [1.165, 1.54) is 0 Å². The molecule has 0 aliphatic carbocycles. The summed E-state index contributed by atoms with van der Waals surface area (Å²) in [6, 6.07) is 20.5. The number of piperidine rings is 1. The van der Waals surface area contributed by atoms with Gasteiger partial charge in [-0.1, -0.05) is 36.4 Å². The molecular formula is C23H22N4O. The van der Waals surface area contributed by atoms with Crippen LogP contribution >= 0.6 is 0 Å². The monoisotopic (exact) mass is 370 g/mol. The van der Waals surface area contributed by atoms with Gasteiger partial charge in [-0.15, -0.1) is 0 Å². The number of nitrogens with one attached hydrogen (secondary N) is 2.